The SMILES string of the molecule is CCc1ccc(N=C2NC(=O)/C(=C/c3cc(Br)ccc3OCc3ccc(Br)cc3)S2)cc1. The lowest BCUT2D eigenvalue weighted by Crippen LogP contribution is -2.19. The molecule has 0 saturated carbocycles. The molecular weight excluding hydrogens is 552 g/mol. The lowest BCUT2D eigenvalue weighted by Gasteiger charge is -2.10. The van der Waals surface area contributed by atoms with E-state index >= 15 is 0 Å². The van der Waals surface area contributed by atoms with Gasteiger partial charge in [0.05, 0.1) is 10.6 Å². The van der Waals surface area contributed by atoms with Gasteiger partial charge in [0.2, 0.25) is 0 Å². The first-order chi connectivity index (χ1) is 15.5. The molecule has 4 rings (SSSR count). The molecule has 1 aliphatic rings. The van der Waals surface area contributed by atoms with E-state index in [1.165, 1.54) is 17.3 Å². The summed E-state index contributed by atoms with van der Waals surface area (Å²) in [5.41, 5.74) is 3.95. The highest BCUT2D eigenvalue weighted by molar-refractivity contribution is 9.10. The zero-order chi connectivity index (χ0) is 22.5. The van der Waals surface area contributed by atoms with Crippen molar-refractivity contribution in [3.05, 3.63) is 97.3 Å². The molecule has 1 heterocycles. The van der Waals surface area contributed by atoms with E-state index in [1.807, 2.05) is 72.8 Å². The maximum absolute atomic E-state index is 12.5. The van der Waals surface area contributed by atoms with Crippen LogP contribution < -0.4 is 10.1 Å². The average molecular weight is 572 g/mol. The van der Waals surface area contributed by atoms with Crippen LogP contribution in [0.15, 0.2) is 85.6 Å². The van der Waals surface area contributed by atoms with Gasteiger partial charge in [-0.1, -0.05) is 63.0 Å². The number of aliphatic imine (C=N–C) groups is 1. The van der Waals surface area contributed by atoms with Crippen LogP contribution in [0.1, 0.15) is 23.6 Å². The molecule has 3 aromatic carbocycles. The number of carbonyl (C=O) groups is 1. The number of halogens is 2. The van der Waals surface area contributed by atoms with Crippen LogP contribution in [0, 0.1) is 0 Å². The molecule has 7 heteroatoms. The molecule has 0 radical (unpaired) electrons. The van der Waals surface area contributed by atoms with Gasteiger partial charge < -0.3 is 10.1 Å². The van der Waals surface area contributed by atoms with E-state index in [1.54, 1.807) is 0 Å². The summed E-state index contributed by atoms with van der Waals surface area (Å²) in [6, 6.07) is 21.8. The molecule has 0 spiro atoms. The van der Waals surface area contributed by atoms with Crippen molar-refractivity contribution in [2.75, 3.05) is 0 Å². The lowest BCUT2D eigenvalue weighted by atomic mass is 10.1. The second kappa shape index (κ2) is 10.5. The topological polar surface area (TPSA) is 50.7 Å². The van der Waals surface area contributed by atoms with Gasteiger partial charge in [-0.05, 0) is 77.9 Å². The molecule has 4 nitrogen and oxygen atoms in total. The minimum Gasteiger partial charge on any atom is -0.488 e. The Morgan fingerprint density at radius 2 is 1.66 bits per heavy atom. The molecule has 1 aliphatic heterocycles. The van der Waals surface area contributed by atoms with Crippen LogP contribution in [-0.4, -0.2) is 11.1 Å². The fourth-order valence-corrected chi connectivity index (χ4v) is 4.53. The molecule has 1 fully saturated rings. The fraction of sp³-hybridized carbons (Fsp3) is 0.120. The largest absolute Gasteiger partial charge is 0.488 e. The predicted molar refractivity (Wildman–Crippen MR) is 139 cm³/mol. The van der Waals surface area contributed by atoms with Crippen LogP contribution >= 0.6 is 43.6 Å². The third-order valence-corrected chi connectivity index (χ3v) is 6.72. The van der Waals surface area contributed by atoms with Gasteiger partial charge in [0, 0.05) is 14.5 Å². The van der Waals surface area contributed by atoms with E-state index in [2.05, 4.69) is 49.1 Å². The van der Waals surface area contributed by atoms with Crippen LogP contribution in [0.2, 0.25) is 0 Å². The van der Waals surface area contributed by atoms with Crippen LogP contribution in [0.3, 0.4) is 0 Å². The molecule has 3 aromatic rings. The van der Waals surface area contributed by atoms with E-state index in [-0.39, 0.29) is 5.91 Å². The third-order valence-electron chi connectivity index (χ3n) is 4.79. The molecule has 32 heavy (non-hydrogen) atoms. The van der Waals surface area contributed by atoms with E-state index in [0.717, 1.165) is 32.2 Å². The molecule has 0 atom stereocenters. The molecule has 162 valence electrons. The Morgan fingerprint density at radius 1 is 0.969 bits per heavy atom. The van der Waals surface area contributed by atoms with Crippen molar-refractivity contribution in [2.24, 2.45) is 4.99 Å². The van der Waals surface area contributed by atoms with Crippen molar-refractivity contribution < 1.29 is 9.53 Å². The summed E-state index contributed by atoms with van der Waals surface area (Å²) >= 11 is 8.28. The number of benzene rings is 3. The summed E-state index contributed by atoms with van der Waals surface area (Å²) in [4.78, 5) is 17.7. The van der Waals surface area contributed by atoms with Crippen molar-refractivity contribution in [1.82, 2.24) is 5.32 Å². The quantitative estimate of drug-likeness (QED) is 0.317. The first-order valence-corrected chi connectivity index (χ1v) is 12.5. The van der Waals surface area contributed by atoms with E-state index in [9.17, 15) is 4.79 Å². The highest BCUT2D eigenvalue weighted by atomic mass is 79.9. The number of amides is 1. The normalized spacial score (nSPS) is 15.9. The molecule has 0 aromatic heterocycles. The number of amidine groups is 1. The highest BCUT2D eigenvalue weighted by Gasteiger charge is 2.24. The van der Waals surface area contributed by atoms with Crippen LogP contribution in [-0.2, 0) is 17.8 Å². The van der Waals surface area contributed by atoms with E-state index in [0.29, 0.717) is 22.4 Å². The van der Waals surface area contributed by atoms with Gasteiger partial charge in [-0.15, -0.1) is 0 Å². The maximum Gasteiger partial charge on any atom is 0.264 e. The monoisotopic (exact) mass is 570 g/mol. The third kappa shape index (κ3) is 5.91. The average Bonchev–Trinajstić information content (AvgIpc) is 3.13. The molecular formula is C25H20Br2N2O2S. The van der Waals surface area contributed by atoms with Gasteiger partial charge in [0.1, 0.15) is 12.4 Å². The molecule has 0 aliphatic carbocycles. The number of thioether (sulfide) groups is 1. The number of hydrogen-bond acceptors (Lipinski definition) is 4. The summed E-state index contributed by atoms with van der Waals surface area (Å²) in [7, 11) is 0. The highest BCUT2D eigenvalue weighted by Crippen LogP contribution is 2.32. The molecule has 0 unspecified atom stereocenters. The van der Waals surface area contributed by atoms with Crippen molar-refractivity contribution in [1.29, 1.82) is 0 Å². The van der Waals surface area contributed by atoms with Gasteiger partial charge in [0.15, 0.2) is 5.17 Å². The first-order valence-electron chi connectivity index (χ1n) is 10.1. The van der Waals surface area contributed by atoms with Gasteiger partial charge in [-0.25, -0.2) is 4.99 Å². The number of aryl methyl sites for hydroxylation is 1. The molecule has 0 bridgehead atoms. The second-order valence-corrected chi connectivity index (χ2v) is 9.96. The summed E-state index contributed by atoms with van der Waals surface area (Å²) in [5, 5.41) is 3.41. The summed E-state index contributed by atoms with van der Waals surface area (Å²) in [6.45, 7) is 2.55. The van der Waals surface area contributed by atoms with Crippen molar-refractivity contribution >= 4 is 66.5 Å². The van der Waals surface area contributed by atoms with Gasteiger partial charge in [-0.2, -0.15) is 0 Å². The van der Waals surface area contributed by atoms with Gasteiger partial charge >= 0.3 is 0 Å². The Labute approximate surface area is 208 Å². The summed E-state index contributed by atoms with van der Waals surface area (Å²) in [5.74, 6) is 0.537. The van der Waals surface area contributed by atoms with Crippen molar-refractivity contribution in [3.63, 3.8) is 0 Å². The zero-order valence-corrected chi connectivity index (χ0v) is 21.3. The zero-order valence-electron chi connectivity index (χ0n) is 17.3. The first kappa shape index (κ1) is 22.8. The Kier molecular flexibility index (Phi) is 7.50. The fourth-order valence-electron chi connectivity index (χ4n) is 3.05. The summed E-state index contributed by atoms with van der Waals surface area (Å²) in [6.07, 6.45) is 2.82. The van der Waals surface area contributed by atoms with Crippen LogP contribution in [0.25, 0.3) is 6.08 Å². The van der Waals surface area contributed by atoms with Gasteiger partial charge in [0.25, 0.3) is 5.91 Å². The van der Waals surface area contributed by atoms with Crippen LogP contribution in [0.5, 0.6) is 5.75 Å². The molecule has 1 amide bonds. The maximum atomic E-state index is 12.5. The number of carbonyl (C=O) groups excluding carboxylic acids is 1. The Balaban J connectivity index is 1.53. The lowest BCUT2D eigenvalue weighted by molar-refractivity contribution is -0.115. The van der Waals surface area contributed by atoms with Crippen LogP contribution in [0.4, 0.5) is 5.69 Å². The minimum atomic E-state index is -0.169. The number of hydrogen-bond donors (Lipinski definition) is 1. The Morgan fingerprint density at radius 3 is 2.38 bits per heavy atom. The molecule has 1 N–H and O–H groups in total. The second-order valence-electron chi connectivity index (χ2n) is 7.10. The van der Waals surface area contributed by atoms with Crippen molar-refractivity contribution in [3.8, 4) is 5.75 Å². The van der Waals surface area contributed by atoms with Gasteiger partial charge in [-0.3, -0.25) is 4.79 Å². The summed E-state index contributed by atoms with van der Waals surface area (Å²) < 4.78 is 7.99. The number of nitrogens with one attached hydrogen (secondary N) is 1. The Hall–Kier alpha value is -2.35. The van der Waals surface area contributed by atoms with E-state index < -0.39 is 0 Å². The van der Waals surface area contributed by atoms with E-state index in [4.69, 9.17) is 4.74 Å². The number of nitrogens with zero attached hydrogens (tertiary/aromatic N) is 1. The predicted octanol–water partition coefficient (Wildman–Crippen LogP) is 7.24. The minimum absolute atomic E-state index is 0.169. The molecule has 1 saturated heterocycles. The number of rotatable bonds is 6. The standard InChI is InChI=1S/C25H20Br2N2O2S/c1-2-16-5-10-21(11-6-16)28-25-29-24(30)23(32-25)14-18-13-20(27)9-12-22(18)31-15-17-3-7-19(26)8-4-17/h3-14H,2,15H2,1H3,(H,28,29,30)/b23-14-. The Bertz CT molecular complexity index is 1190. The smallest absolute Gasteiger partial charge is 0.264 e. The van der Waals surface area contributed by atoms with Crippen molar-refractivity contribution in [2.45, 2.75) is 20.0 Å². The number of ether oxygens (including phenoxy) is 1.